The highest BCUT2D eigenvalue weighted by atomic mass is 19.4. The van der Waals surface area contributed by atoms with Crippen molar-refractivity contribution >= 4 is 34.9 Å². The number of nitrogens with zero attached hydrogens (tertiary/aromatic N) is 6. The molecule has 0 saturated heterocycles. The van der Waals surface area contributed by atoms with Gasteiger partial charge in [-0.2, -0.15) is 18.3 Å². The van der Waals surface area contributed by atoms with Crippen LogP contribution >= 0.6 is 0 Å². The van der Waals surface area contributed by atoms with E-state index in [1.165, 1.54) is 18.5 Å². The Kier molecular flexibility index (Phi) is 7.19. The number of alkyl halides is 3. The highest BCUT2D eigenvalue weighted by Gasteiger charge is 2.30. The number of hydrogen-bond donors (Lipinski definition) is 3. The Balaban J connectivity index is 1.35. The minimum absolute atomic E-state index is 0.101. The van der Waals surface area contributed by atoms with E-state index in [1.807, 2.05) is 19.9 Å². The Hall–Kier alpha value is -5.20. The van der Waals surface area contributed by atoms with E-state index in [0.29, 0.717) is 35.5 Å². The predicted octanol–water partition coefficient (Wildman–Crippen LogP) is 5.95. The van der Waals surface area contributed by atoms with Crippen LogP contribution in [0, 0.1) is 6.92 Å². The summed E-state index contributed by atoms with van der Waals surface area (Å²) in [5, 5.41) is 13.4. The van der Waals surface area contributed by atoms with Gasteiger partial charge in [-0.05, 0) is 49.7 Å². The Morgan fingerprint density at radius 1 is 0.975 bits per heavy atom. The monoisotopic (exact) mass is 547 g/mol. The Labute approximate surface area is 226 Å². The second-order valence-corrected chi connectivity index (χ2v) is 8.73. The molecule has 0 fully saturated rings. The molecule has 0 bridgehead atoms. The lowest BCUT2D eigenvalue weighted by Crippen LogP contribution is -2.14. The van der Waals surface area contributed by atoms with Gasteiger partial charge in [0.05, 0.1) is 11.8 Å². The maximum Gasteiger partial charge on any atom is 0.416 e. The third-order valence-corrected chi connectivity index (χ3v) is 6.01. The molecule has 3 aromatic heterocycles. The fourth-order valence-corrected chi connectivity index (χ4v) is 3.94. The third kappa shape index (κ3) is 5.77. The van der Waals surface area contributed by atoms with Crippen LogP contribution in [0.5, 0.6) is 0 Å². The van der Waals surface area contributed by atoms with Gasteiger partial charge in [0.25, 0.3) is 5.91 Å². The lowest BCUT2D eigenvalue weighted by Gasteiger charge is -2.14. The Morgan fingerprint density at radius 2 is 1.82 bits per heavy atom. The second kappa shape index (κ2) is 10.9. The molecule has 1 amide bonds. The summed E-state index contributed by atoms with van der Waals surface area (Å²) in [4.78, 5) is 25.7. The number of halogens is 3. The topological polar surface area (TPSA) is 115 Å². The zero-order valence-corrected chi connectivity index (χ0v) is 21.4. The van der Waals surface area contributed by atoms with Gasteiger partial charge in [-0.3, -0.25) is 9.36 Å². The van der Waals surface area contributed by atoms with E-state index in [9.17, 15) is 18.0 Å². The molecule has 5 rings (SSSR count). The van der Waals surface area contributed by atoms with Crippen molar-refractivity contribution in [1.82, 2.24) is 29.3 Å². The summed E-state index contributed by atoms with van der Waals surface area (Å²) in [6.07, 6.45) is 1.93. The number of hydrogen-bond acceptors (Lipinski definition) is 7. The summed E-state index contributed by atoms with van der Waals surface area (Å²) in [5.74, 6) is 1.69. The first-order valence-corrected chi connectivity index (χ1v) is 12.2. The van der Waals surface area contributed by atoms with Crippen molar-refractivity contribution in [3.8, 4) is 5.82 Å². The number of carbonyl (C=O) groups excluding carboxylic acids is 1. The van der Waals surface area contributed by atoms with Crippen molar-refractivity contribution in [1.29, 1.82) is 0 Å². The zero-order valence-electron chi connectivity index (χ0n) is 21.4. The molecule has 13 heteroatoms. The Bertz CT molecular complexity index is 1660. The summed E-state index contributed by atoms with van der Waals surface area (Å²) in [7, 11) is 0. The average Bonchev–Trinajstić information content (AvgIpc) is 3.59. The van der Waals surface area contributed by atoms with Gasteiger partial charge in [-0.25, -0.2) is 19.6 Å². The summed E-state index contributed by atoms with van der Waals surface area (Å²) < 4.78 is 42.7. The number of aryl methyl sites for hydroxylation is 2. The summed E-state index contributed by atoms with van der Waals surface area (Å²) in [5.41, 5.74) is 0.889. The van der Waals surface area contributed by atoms with Gasteiger partial charge in [-0.15, -0.1) is 0 Å². The van der Waals surface area contributed by atoms with Gasteiger partial charge < -0.3 is 16.0 Å². The van der Waals surface area contributed by atoms with Crippen molar-refractivity contribution in [2.45, 2.75) is 26.6 Å². The number of carbonyl (C=O) groups is 1. The first-order valence-electron chi connectivity index (χ1n) is 12.2. The van der Waals surface area contributed by atoms with E-state index in [2.05, 4.69) is 36.0 Å². The molecular formula is C27H24F3N9O. The van der Waals surface area contributed by atoms with Crippen molar-refractivity contribution in [2.75, 3.05) is 16.0 Å². The zero-order chi connectivity index (χ0) is 28.3. The minimum atomic E-state index is -4.54. The van der Waals surface area contributed by atoms with Crippen LogP contribution in [0.4, 0.5) is 42.1 Å². The van der Waals surface area contributed by atoms with Crippen LogP contribution in [-0.4, -0.2) is 35.2 Å². The van der Waals surface area contributed by atoms with Gasteiger partial charge >= 0.3 is 6.18 Å². The maximum atomic E-state index is 13.1. The number of rotatable bonds is 8. The van der Waals surface area contributed by atoms with Gasteiger partial charge in [0.1, 0.15) is 23.8 Å². The van der Waals surface area contributed by atoms with Gasteiger partial charge in [0.15, 0.2) is 0 Å². The summed E-state index contributed by atoms with van der Waals surface area (Å²) in [6.45, 7) is 4.56. The molecule has 40 heavy (non-hydrogen) atoms. The van der Waals surface area contributed by atoms with E-state index in [4.69, 9.17) is 0 Å². The number of aromatic nitrogens is 6. The molecule has 3 N–H and O–H groups in total. The van der Waals surface area contributed by atoms with Crippen molar-refractivity contribution in [3.05, 3.63) is 96.2 Å². The standard InChI is InChI=1S/C27H24F3N9O/c1-3-39-23(9-10-34-39)37-22-15-24(33-16-32-22)38-12-11-31-26(38)36-21-14-20(8-7-17(21)2)35-25(40)18-5-4-6-19(13-18)27(28,29)30/h4-16H,3H2,1-2H3,(H,31,36)(H,35,40)(H,32,33,37). The highest BCUT2D eigenvalue weighted by Crippen LogP contribution is 2.30. The van der Waals surface area contributed by atoms with Crippen LogP contribution in [0.3, 0.4) is 0 Å². The smallest absolute Gasteiger partial charge is 0.325 e. The fourth-order valence-electron chi connectivity index (χ4n) is 3.94. The predicted molar refractivity (Wildman–Crippen MR) is 144 cm³/mol. The highest BCUT2D eigenvalue weighted by molar-refractivity contribution is 6.04. The molecule has 5 aromatic rings. The summed E-state index contributed by atoms with van der Waals surface area (Å²) >= 11 is 0. The van der Waals surface area contributed by atoms with Crippen molar-refractivity contribution in [2.24, 2.45) is 0 Å². The van der Waals surface area contributed by atoms with E-state index >= 15 is 0 Å². The Morgan fingerprint density at radius 3 is 2.62 bits per heavy atom. The molecular weight excluding hydrogens is 523 g/mol. The van der Waals surface area contributed by atoms with Crippen LogP contribution in [0.25, 0.3) is 5.82 Å². The molecule has 0 aliphatic carbocycles. The van der Waals surface area contributed by atoms with Crippen LogP contribution < -0.4 is 16.0 Å². The van der Waals surface area contributed by atoms with Gasteiger partial charge in [-0.1, -0.05) is 12.1 Å². The molecule has 0 aliphatic heterocycles. The normalized spacial score (nSPS) is 11.3. The number of imidazole rings is 1. The van der Waals surface area contributed by atoms with Crippen LogP contribution in [0.1, 0.15) is 28.4 Å². The molecule has 0 radical (unpaired) electrons. The lowest BCUT2D eigenvalue weighted by molar-refractivity contribution is -0.137. The number of anilines is 5. The molecule has 0 aliphatic rings. The molecule has 0 unspecified atom stereocenters. The van der Waals surface area contributed by atoms with E-state index < -0.39 is 17.6 Å². The third-order valence-electron chi connectivity index (χ3n) is 6.01. The van der Waals surface area contributed by atoms with E-state index in [1.54, 1.807) is 52.1 Å². The first kappa shape index (κ1) is 26.4. The van der Waals surface area contributed by atoms with Crippen LogP contribution in [-0.2, 0) is 12.7 Å². The quantitative estimate of drug-likeness (QED) is 0.220. The fraction of sp³-hybridized carbons (Fsp3) is 0.148. The van der Waals surface area contributed by atoms with Gasteiger partial charge in [0.2, 0.25) is 5.95 Å². The molecule has 0 saturated carbocycles. The summed E-state index contributed by atoms with van der Waals surface area (Å²) in [6, 6.07) is 13.0. The lowest BCUT2D eigenvalue weighted by atomic mass is 10.1. The second-order valence-electron chi connectivity index (χ2n) is 8.73. The molecule has 0 atom stereocenters. The molecule has 0 spiro atoms. The molecule has 10 nitrogen and oxygen atoms in total. The van der Waals surface area contributed by atoms with Crippen LogP contribution in [0.2, 0.25) is 0 Å². The number of benzene rings is 2. The van der Waals surface area contributed by atoms with Crippen LogP contribution in [0.15, 0.2) is 79.5 Å². The van der Waals surface area contributed by atoms with Crippen molar-refractivity contribution in [3.63, 3.8) is 0 Å². The molecule has 204 valence electrons. The SMILES string of the molecule is CCn1nccc1Nc1cc(-n2ccnc2Nc2cc(NC(=O)c3cccc(C(F)(F)F)c3)ccc2C)ncn1. The number of amides is 1. The number of nitrogens with one attached hydrogen (secondary N) is 3. The average molecular weight is 548 g/mol. The maximum absolute atomic E-state index is 13.1. The van der Waals surface area contributed by atoms with Crippen molar-refractivity contribution < 1.29 is 18.0 Å². The minimum Gasteiger partial charge on any atom is -0.325 e. The van der Waals surface area contributed by atoms with E-state index in [-0.39, 0.29) is 5.56 Å². The largest absolute Gasteiger partial charge is 0.416 e. The van der Waals surface area contributed by atoms with Gasteiger partial charge in [0, 0.05) is 48.0 Å². The molecule has 3 heterocycles. The van der Waals surface area contributed by atoms with E-state index in [0.717, 1.165) is 23.5 Å². The first-order chi connectivity index (χ1) is 19.2. The molecule has 2 aromatic carbocycles.